The van der Waals surface area contributed by atoms with E-state index in [1.807, 2.05) is 25.2 Å². The fourth-order valence-electron chi connectivity index (χ4n) is 2.57. The summed E-state index contributed by atoms with van der Waals surface area (Å²) in [6.45, 7) is 0.0916. The summed E-state index contributed by atoms with van der Waals surface area (Å²) in [5, 5.41) is 9.73. The van der Waals surface area contributed by atoms with Crippen molar-refractivity contribution < 1.29 is 14.6 Å². The van der Waals surface area contributed by atoms with Gasteiger partial charge in [-0.3, -0.25) is 4.79 Å². The summed E-state index contributed by atoms with van der Waals surface area (Å²) in [7, 11) is 1.84. The number of likely N-dealkylation sites (N-methyl/N-ethyl adjacent to an activating group) is 1. The van der Waals surface area contributed by atoms with Gasteiger partial charge < -0.3 is 14.7 Å². The lowest BCUT2D eigenvalue weighted by molar-refractivity contribution is -0.132. The molecule has 1 amide bonds. The highest BCUT2D eigenvalue weighted by Gasteiger charge is 2.29. The molecule has 1 fully saturated rings. The lowest BCUT2D eigenvalue weighted by Gasteiger charge is -2.16. The van der Waals surface area contributed by atoms with E-state index in [1.165, 1.54) is 0 Å². The Hall–Kier alpha value is -1.55. The number of fused-ring (bicyclic) bond motifs is 1. The average Bonchev–Trinajstić information content (AvgIpc) is 3.20. The molecule has 0 radical (unpaired) electrons. The van der Waals surface area contributed by atoms with Crippen LogP contribution < -0.4 is 4.74 Å². The molecule has 4 nitrogen and oxygen atoms in total. The van der Waals surface area contributed by atoms with Crippen molar-refractivity contribution in [1.82, 2.24) is 4.90 Å². The second kappa shape index (κ2) is 4.85. The highest BCUT2D eigenvalue weighted by Crippen LogP contribution is 2.33. The molecule has 0 saturated heterocycles. The Morgan fingerprint density at radius 3 is 2.95 bits per heavy atom. The molecular formula is C15H19NO3. The van der Waals surface area contributed by atoms with Crippen LogP contribution in [0.5, 0.6) is 5.75 Å². The minimum atomic E-state index is -0.341. The van der Waals surface area contributed by atoms with Crippen molar-refractivity contribution in [1.29, 1.82) is 0 Å². The van der Waals surface area contributed by atoms with Crippen molar-refractivity contribution in [2.75, 3.05) is 13.7 Å². The van der Waals surface area contributed by atoms with E-state index in [-0.39, 0.29) is 18.6 Å². The minimum absolute atomic E-state index is 0.0306. The highest BCUT2D eigenvalue weighted by atomic mass is 16.5. The number of aryl methyl sites for hydroxylation is 1. The number of carbonyl (C=O) groups excluding carboxylic acids is 1. The quantitative estimate of drug-likeness (QED) is 0.897. The zero-order valence-electron chi connectivity index (χ0n) is 11.1. The number of rotatable bonds is 4. The summed E-state index contributed by atoms with van der Waals surface area (Å²) in [6.07, 6.45) is 3.54. The van der Waals surface area contributed by atoms with E-state index >= 15 is 0 Å². The van der Waals surface area contributed by atoms with E-state index in [2.05, 4.69) is 0 Å². The molecule has 2 aliphatic rings. The molecule has 2 aliphatic carbocycles. The molecule has 4 heteroatoms. The Morgan fingerprint density at radius 1 is 1.42 bits per heavy atom. The van der Waals surface area contributed by atoms with Gasteiger partial charge in [0.25, 0.3) is 5.91 Å². The summed E-state index contributed by atoms with van der Waals surface area (Å²) in [5.41, 5.74) is 2.13. The maximum atomic E-state index is 11.8. The fraction of sp³-hybridized carbons (Fsp3) is 0.533. The number of aliphatic hydroxyl groups excluding tert-OH is 1. The maximum Gasteiger partial charge on any atom is 0.260 e. The molecule has 0 heterocycles. The van der Waals surface area contributed by atoms with Gasteiger partial charge in [0.15, 0.2) is 6.61 Å². The van der Waals surface area contributed by atoms with E-state index in [0.717, 1.165) is 36.8 Å². The summed E-state index contributed by atoms with van der Waals surface area (Å²) in [5.74, 6) is 0.744. The van der Waals surface area contributed by atoms with Gasteiger partial charge in [0, 0.05) is 13.1 Å². The van der Waals surface area contributed by atoms with Gasteiger partial charge in [-0.25, -0.2) is 0 Å². The van der Waals surface area contributed by atoms with Crippen LogP contribution in [-0.2, 0) is 11.2 Å². The molecule has 0 aromatic heterocycles. The minimum Gasteiger partial charge on any atom is -0.484 e. The highest BCUT2D eigenvalue weighted by molar-refractivity contribution is 5.78. The topological polar surface area (TPSA) is 49.8 Å². The first-order valence-corrected chi connectivity index (χ1v) is 6.84. The second-order valence-electron chi connectivity index (χ2n) is 5.44. The number of benzene rings is 1. The second-order valence-corrected chi connectivity index (χ2v) is 5.44. The molecule has 1 atom stereocenters. The molecule has 0 bridgehead atoms. The van der Waals surface area contributed by atoms with Crippen LogP contribution in [0.25, 0.3) is 0 Å². The molecule has 102 valence electrons. The lowest BCUT2D eigenvalue weighted by Crippen LogP contribution is -2.33. The Bertz CT molecular complexity index is 496. The third-order valence-electron chi connectivity index (χ3n) is 4.01. The first kappa shape index (κ1) is 12.5. The van der Waals surface area contributed by atoms with Crippen molar-refractivity contribution in [3.63, 3.8) is 0 Å². The summed E-state index contributed by atoms with van der Waals surface area (Å²) in [6, 6.07) is 6.09. The number of hydrogen-bond acceptors (Lipinski definition) is 3. The number of hydrogen-bond donors (Lipinski definition) is 1. The molecule has 0 spiro atoms. The standard InChI is InChI=1S/C15H19NO3/c1-16(11-3-4-11)15(18)9-19-12-5-6-13-10(8-12)2-7-14(13)17/h5-6,8,11,14,17H,2-4,7,9H2,1H3/t14-/m0/s1. The number of aliphatic hydroxyl groups is 1. The average molecular weight is 261 g/mol. The Labute approximate surface area is 113 Å². The molecule has 1 saturated carbocycles. The monoisotopic (exact) mass is 261 g/mol. The SMILES string of the molecule is CN(C(=O)COc1ccc2c(c1)CC[C@@H]2O)C1CC1. The van der Waals surface area contributed by atoms with Gasteiger partial charge in [-0.1, -0.05) is 6.07 Å². The van der Waals surface area contributed by atoms with Crippen LogP contribution in [0.1, 0.15) is 36.5 Å². The first-order chi connectivity index (χ1) is 9.15. The molecule has 19 heavy (non-hydrogen) atoms. The third kappa shape index (κ3) is 2.59. The van der Waals surface area contributed by atoms with Crippen LogP contribution in [-0.4, -0.2) is 35.6 Å². The summed E-state index contributed by atoms with van der Waals surface area (Å²) < 4.78 is 5.55. The van der Waals surface area contributed by atoms with Crippen molar-refractivity contribution in [2.24, 2.45) is 0 Å². The van der Waals surface area contributed by atoms with E-state index in [9.17, 15) is 9.90 Å². The number of carbonyl (C=O) groups is 1. The molecular weight excluding hydrogens is 242 g/mol. The normalized spacial score (nSPS) is 21.1. The van der Waals surface area contributed by atoms with Crippen LogP contribution in [0.3, 0.4) is 0 Å². The van der Waals surface area contributed by atoms with Gasteiger partial charge >= 0.3 is 0 Å². The van der Waals surface area contributed by atoms with Gasteiger partial charge in [-0.05, 0) is 48.9 Å². The largest absolute Gasteiger partial charge is 0.484 e. The lowest BCUT2D eigenvalue weighted by atomic mass is 10.1. The van der Waals surface area contributed by atoms with Crippen LogP contribution in [0.4, 0.5) is 0 Å². The Morgan fingerprint density at radius 2 is 2.21 bits per heavy atom. The van der Waals surface area contributed by atoms with E-state index in [1.54, 1.807) is 4.90 Å². The van der Waals surface area contributed by atoms with Crippen LogP contribution in [0.15, 0.2) is 18.2 Å². The number of nitrogens with zero attached hydrogens (tertiary/aromatic N) is 1. The third-order valence-corrected chi connectivity index (χ3v) is 4.01. The van der Waals surface area contributed by atoms with Gasteiger partial charge in [-0.2, -0.15) is 0 Å². The fourth-order valence-corrected chi connectivity index (χ4v) is 2.57. The Kier molecular flexibility index (Phi) is 3.19. The smallest absolute Gasteiger partial charge is 0.260 e. The van der Waals surface area contributed by atoms with Crippen LogP contribution in [0, 0.1) is 0 Å². The van der Waals surface area contributed by atoms with Crippen molar-refractivity contribution in [3.05, 3.63) is 29.3 Å². The molecule has 1 N–H and O–H groups in total. The van der Waals surface area contributed by atoms with Gasteiger partial charge in [-0.15, -0.1) is 0 Å². The van der Waals surface area contributed by atoms with E-state index < -0.39 is 0 Å². The Balaban J connectivity index is 1.60. The molecule has 1 aromatic rings. The van der Waals surface area contributed by atoms with Gasteiger partial charge in [0.05, 0.1) is 6.10 Å². The zero-order valence-corrected chi connectivity index (χ0v) is 11.1. The van der Waals surface area contributed by atoms with Gasteiger partial charge in [0.2, 0.25) is 0 Å². The van der Waals surface area contributed by atoms with Crippen LogP contribution in [0.2, 0.25) is 0 Å². The zero-order chi connectivity index (χ0) is 13.4. The molecule has 0 aliphatic heterocycles. The first-order valence-electron chi connectivity index (χ1n) is 6.84. The summed E-state index contributed by atoms with van der Waals surface area (Å²) >= 11 is 0. The molecule has 3 rings (SSSR count). The van der Waals surface area contributed by atoms with Gasteiger partial charge in [0.1, 0.15) is 5.75 Å². The van der Waals surface area contributed by atoms with E-state index in [0.29, 0.717) is 11.8 Å². The van der Waals surface area contributed by atoms with Crippen LogP contribution >= 0.6 is 0 Å². The molecule has 0 unspecified atom stereocenters. The predicted octanol–water partition coefficient (Wildman–Crippen LogP) is 1.67. The number of ether oxygens (including phenoxy) is 1. The maximum absolute atomic E-state index is 11.8. The van der Waals surface area contributed by atoms with Crippen molar-refractivity contribution >= 4 is 5.91 Å². The summed E-state index contributed by atoms with van der Waals surface area (Å²) in [4.78, 5) is 13.6. The predicted molar refractivity (Wildman–Crippen MR) is 71.0 cm³/mol. The number of amides is 1. The van der Waals surface area contributed by atoms with Crippen molar-refractivity contribution in [2.45, 2.75) is 37.8 Å². The molecule has 1 aromatic carbocycles. The van der Waals surface area contributed by atoms with E-state index in [4.69, 9.17) is 4.74 Å². The van der Waals surface area contributed by atoms with Crippen molar-refractivity contribution in [3.8, 4) is 5.75 Å².